The highest BCUT2D eigenvalue weighted by molar-refractivity contribution is 6.03. The maximum Gasteiger partial charge on any atom is 0.234 e. The molecule has 3 aliphatic rings. The molecule has 3 fully saturated rings. The first kappa shape index (κ1) is 5.70. The van der Waals surface area contributed by atoms with E-state index < -0.39 is 5.92 Å². The van der Waals surface area contributed by atoms with E-state index in [1.54, 1.807) is 0 Å². The Labute approximate surface area is 58.0 Å². The van der Waals surface area contributed by atoms with Gasteiger partial charge in [-0.15, -0.1) is 0 Å². The van der Waals surface area contributed by atoms with E-state index >= 15 is 0 Å². The van der Waals surface area contributed by atoms with Crippen molar-refractivity contribution in [1.82, 2.24) is 10.6 Å². The van der Waals surface area contributed by atoms with E-state index in [1.165, 1.54) is 0 Å². The molecule has 4 nitrogen and oxygen atoms in total. The Bertz CT molecular complexity index is 184. The number of rotatable bonds is 0. The minimum atomic E-state index is -0.412. The summed E-state index contributed by atoms with van der Waals surface area (Å²) >= 11 is 0. The lowest BCUT2D eigenvalue weighted by atomic mass is 9.91. The zero-order chi connectivity index (χ0) is 7.14. The first-order valence-electron chi connectivity index (χ1n) is 3.38. The number of amides is 2. The van der Waals surface area contributed by atoms with Crippen LogP contribution in [0, 0.1) is 5.92 Å². The highest BCUT2D eigenvalue weighted by Gasteiger charge is 2.39. The van der Waals surface area contributed by atoms with Crippen molar-refractivity contribution < 1.29 is 9.59 Å². The number of hydrogen-bond acceptors (Lipinski definition) is 2. The van der Waals surface area contributed by atoms with Gasteiger partial charge in [-0.1, -0.05) is 0 Å². The summed E-state index contributed by atoms with van der Waals surface area (Å²) in [5.74, 6) is -0.634. The highest BCUT2D eigenvalue weighted by atomic mass is 16.2. The molecule has 3 saturated heterocycles. The Hall–Kier alpha value is -1.06. The largest absolute Gasteiger partial charge is 0.335 e. The number of nitrogens with one attached hydrogen (secondary N) is 2. The van der Waals surface area contributed by atoms with Gasteiger partial charge in [-0.3, -0.25) is 9.59 Å². The van der Waals surface area contributed by atoms with Gasteiger partial charge >= 0.3 is 0 Å². The van der Waals surface area contributed by atoms with Gasteiger partial charge in [-0.05, 0) is 12.8 Å². The van der Waals surface area contributed by atoms with Crippen molar-refractivity contribution >= 4 is 11.8 Å². The maximum absolute atomic E-state index is 10.9. The lowest BCUT2D eigenvalue weighted by Gasteiger charge is -2.35. The van der Waals surface area contributed by atoms with Crippen molar-refractivity contribution in [1.29, 1.82) is 0 Å². The van der Waals surface area contributed by atoms with Crippen molar-refractivity contribution in [3.05, 3.63) is 0 Å². The third-order valence-corrected chi connectivity index (χ3v) is 2.01. The third kappa shape index (κ3) is 0.616. The fourth-order valence-corrected chi connectivity index (χ4v) is 1.44. The average molecular weight is 140 g/mol. The Balaban J connectivity index is 2.26. The predicted octanol–water partition coefficient (Wildman–Crippen LogP) is -1.03. The second-order valence-electron chi connectivity index (χ2n) is 2.70. The lowest BCUT2D eigenvalue weighted by molar-refractivity contribution is -0.144. The minimum absolute atomic E-state index is 0.0926. The molecule has 0 aromatic carbocycles. The van der Waals surface area contributed by atoms with Crippen LogP contribution in [0.15, 0.2) is 0 Å². The maximum atomic E-state index is 10.9. The molecule has 0 radical (unpaired) electrons. The van der Waals surface area contributed by atoms with Gasteiger partial charge in [0, 0.05) is 0 Å². The van der Waals surface area contributed by atoms with Crippen molar-refractivity contribution in [3.8, 4) is 0 Å². The minimum Gasteiger partial charge on any atom is -0.335 e. The van der Waals surface area contributed by atoms with Crippen LogP contribution < -0.4 is 10.6 Å². The SMILES string of the molecule is O=C1NC2CCC1C(=O)N2. The summed E-state index contributed by atoms with van der Waals surface area (Å²) < 4.78 is 0. The Morgan fingerprint density at radius 1 is 1.10 bits per heavy atom. The molecule has 54 valence electrons. The van der Waals surface area contributed by atoms with Gasteiger partial charge in [0.25, 0.3) is 0 Å². The number of hydrogen-bond donors (Lipinski definition) is 2. The fourth-order valence-electron chi connectivity index (χ4n) is 1.44. The summed E-state index contributed by atoms with van der Waals surface area (Å²) in [6, 6.07) is 0. The van der Waals surface area contributed by atoms with E-state index in [0.29, 0.717) is 6.42 Å². The molecule has 0 aliphatic carbocycles. The second kappa shape index (κ2) is 1.71. The van der Waals surface area contributed by atoms with Crippen LogP contribution in [0.4, 0.5) is 0 Å². The molecule has 2 bridgehead atoms. The van der Waals surface area contributed by atoms with Crippen LogP contribution in [0.25, 0.3) is 0 Å². The molecule has 0 atom stereocenters. The van der Waals surface area contributed by atoms with Crippen molar-refractivity contribution in [2.75, 3.05) is 0 Å². The van der Waals surface area contributed by atoms with E-state index in [9.17, 15) is 9.59 Å². The molecule has 0 aromatic rings. The number of piperidine rings is 2. The summed E-state index contributed by atoms with van der Waals surface area (Å²) in [5.41, 5.74) is 0. The summed E-state index contributed by atoms with van der Waals surface area (Å²) in [6.07, 6.45) is 1.50. The fraction of sp³-hybridized carbons (Fsp3) is 0.667. The van der Waals surface area contributed by atoms with Crippen LogP contribution in [-0.2, 0) is 9.59 Å². The van der Waals surface area contributed by atoms with Crippen LogP contribution in [0.3, 0.4) is 0 Å². The molecular formula is C6H8N2O2. The quantitative estimate of drug-likeness (QED) is 0.423. The summed E-state index contributed by atoms with van der Waals surface area (Å²) in [5, 5.41) is 5.35. The highest BCUT2D eigenvalue weighted by Crippen LogP contribution is 2.19. The van der Waals surface area contributed by atoms with Gasteiger partial charge in [0.15, 0.2) is 0 Å². The zero-order valence-corrected chi connectivity index (χ0v) is 5.39. The van der Waals surface area contributed by atoms with Crippen molar-refractivity contribution in [3.63, 3.8) is 0 Å². The predicted molar refractivity (Wildman–Crippen MR) is 32.8 cm³/mol. The van der Waals surface area contributed by atoms with Crippen LogP contribution in [-0.4, -0.2) is 18.0 Å². The molecule has 2 amide bonds. The normalized spacial score (nSPS) is 37.2. The van der Waals surface area contributed by atoms with E-state index in [0.717, 1.165) is 6.42 Å². The summed E-state index contributed by atoms with van der Waals surface area (Å²) in [7, 11) is 0. The van der Waals surface area contributed by atoms with E-state index in [-0.39, 0.29) is 18.0 Å². The smallest absolute Gasteiger partial charge is 0.234 e. The molecule has 0 spiro atoms. The average Bonchev–Trinajstić information content (AvgIpc) is 1.86. The van der Waals surface area contributed by atoms with Crippen molar-refractivity contribution in [2.24, 2.45) is 5.92 Å². The Morgan fingerprint density at radius 2 is 1.70 bits per heavy atom. The van der Waals surface area contributed by atoms with Gasteiger partial charge in [-0.25, -0.2) is 0 Å². The molecule has 0 aromatic heterocycles. The van der Waals surface area contributed by atoms with Gasteiger partial charge in [0.05, 0.1) is 0 Å². The standard InChI is InChI=1S/C6H8N2O2/c9-5-3-1-2-4(7-5)8-6(3)10/h3-4H,1-2H2,(H,7,9)(H,8,10). The van der Waals surface area contributed by atoms with Crippen LogP contribution in [0.1, 0.15) is 12.8 Å². The molecule has 0 unspecified atom stereocenters. The van der Waals surface area contributed by atoms with Gasteiger partial charge < -0.3 is 10.6 Å². The summed E-state index contributed by atoms with van der Waals surface area (Å²) in [4.78, 5) is 21.8. The monoisotopic (exact) mass is 140 g/mol. The van der Waals surface area contributed by atoms with Crippen LogP contribution in [0.2, 0.25) is 0 Å². The molecule has 0 saturated carbocycles. The van der Waals surface area contributed by atoms with Gasteiger partial charge in [0.1, 0.15) is 12.1 Å². The first-order chi connectivity index (χ1) is 4.77. The molecular weight excluding hydrogens is 132 g/mol. The lowest BCUT2D eigenvalue weighted by Crippen LogP contribution is -2.63. The molecule has 3 rings (SSSR count). The summed E-state index contributed by atoms with van der Waals surface area (Å²) in [6.45, 7) is 0. The number of fused-ring (bicyclic) bond motifs is 3. The topological polar surface area (TPSA) is 58.2 Å². The molecule has 4 heteroatoms. The number of carbonyl (C=O) groups is 2. The molecule has 2 N–H and O–H groups in total. The van der Waals surface area contributed by atoms with E-state index in [2.05, 4.69) is 10.6 Å². The number of carbonyl (C=O) groups excluding carboxylic acids is 2. The third-order valence-electron chi connectivity index (χ3n) is 2.01. The first-order valence-corrected chi connectivity index (χ1v) is 3.38. The van der Waals surface area contributed by atoms with Gasteiger partial charge in [-0.2, -0.15) is 0 Å². The van der Waals surface area contributed by atoms with Crippen LogP contribution in [0.5, 0.6) is 0 Å². The van der Waals surface area contributed by atoms with E-state index in [4.69, 9.17) is 0 Å². The molecule has 3 heterocycles. The zero-order valence-electron chi connectivity index (χ0n) is 5.39. The Kier molecular flexibility index (Phi) is 0.977. The second-order valence-corrected chi connectivity index (χ2v) is 2.70. The Morgan fingerprint density at radius 3 is 2.00 bits per heavy atom. The molecule has 10 heavy (non-hydrogen) atoms. The van der Waals surface area contributed by atoms with Gasteiger partial charge in [0.2, 0.25) is 11.8 Å². The van der Waals surface area contributed by atoms with Crippen LogP contribution >= 0.6 is 0 Å². The molecule has 3 aliphatic heterocycles. The van der Waals surface area contributed by atoms with E-state index in [1.807, 2.05) is 0 Å². The van der Waals surface area contributed by atoms with Crippen molar-refractivity contribution in [2.45, 2.75) is 19.0 Å².